The Morgan fingerprint density at radius 1 is 0.264 bits per heavy atom. The fourth-order valence-corrected chi connectivity index (χ4v) is 18.5. The van der Waals surface area contributed by atoms with Crippen molar-refractivity contribution in [2.24, 2.45) is 11.3 Å². The molecule has 0 saturated carbocycles. The predicted octanol–water partition coefficient (Wildman–Crippen LogP) is 33.5. The van der Waals surface area contributed by atoms with Crippen molar-refractivity contribution in [1.29, 1.82) is 0 Å². The number of carbonyl (C=O) groups is 4. The quantitative estimate of drug-likeness (QED) is 0.0399. The van der Waals surface area contributed by atoms with Crippen LogP contribution in [0.4, 0.5) is 0 Å². The van der Waals surface area contributed by atoms with E-state index < -0.39 is 23.3 Å². The number of thioether (sulfide) groups is 2. The fraction of sp³-hybridized carbons (Fsp3) is 0.958. The number of carboxylic acids is 3. The fourth-order valence-electron chi connectivity index (χ4n) is 16.1. The van der Waals surface area contributed by atoms with E-state index in [1.807, 2.05) is 0 Å². The summed E-state index contributed by atoms with van der Waals surface area (Å²) < 4.78 is 5.30. The molecule has 632 valence electrons. The number of hydrogen-bond acceptors (Lipinski definition) is 7. The summed E-state index contributed by atoms with van der Waals surface area (Å²) in [7, 11) is 0. The molecule has 10 heteroatoms. The lowest BCUT2D eigenvalue weighted by molar-refractivity contribution is -0.150. The van der Waals surface area contributed by atoms with Gasteiger partial charge in [0.15, 0.2) is 0 Å². The standard InChI is InChI=1S/2C48H94O4S/c1-4-7-10-13-16-19-22-23-24-25-26-27-30-33-36-39-43-48(47(51)52,42-38-35-32-29-21-18-15-12-9-6-3)45(53-44-41-46(49)50)40-37-34-31-28-20-17-14-11-8-5-2;1-3-5-7-9-11-13-22-26-30-34-38-46(39-35-31-27-23-14-12-10-8-6-4-2)40-36-32-28-24-20-18-16-15-17-19-21-25-29-33-37-43-52-48(51)42-45-53-44-41-47(49)50/h45H,4-44H2,1-3H3,(H,49,50)(H,51,52);46H,3-45H2,1-2H3,(H,49,50). The molecule has 0 radical (unpaired) electrons. The lowest BCUT2D eigenvalue weighted by Gasteiger charge is -2.38. The highest BCUT2D eigenvalue weighted by Gasteiger charge is 2.44. The third-order valence-electron chi connectivity index (χ3n) is 23.3. The molecule has 2 atom stereocenters. The average molecular weight is 1530 g/mol. The Morgan fingerprint density at radius 2 is 0.481 bits per heavy atom. The maximum Gasteiger partial charge on any atom is 0.310 e. The van der Waals surface area contributed by atoms with Crippen molar-refractivity contribution < 1.29 is 39.2 Å². The van der Waals surface area contributed by atoms with E-state index >= 15 is 0 Å². The first-order valence-electron chi connectivity index (χ1n) is 48.1. The normalized spacial score (nSPS) is 12.4. The molecule has 106 heavy (non-hydrogen) atoms. The number of ether oxygens (including phenoxy) is 1. The van der Waals surface area contributed by atoms with Gasteiger partial charge < -0.3 is 20.1 Å². The van der Waals surface area contributed by atoms with Crippen LogP contribution in [0, 0.1) is 11.3 Å². The number of aliphatic carboxylic acids is 3. The first kappa shape index (κ1) is 107. The molecular formula is C96H188O8S2. The van der Waals surface area contributed by atoms with E-state index in [1.165, 1.54) is 436 Å². The lowest BCUT2D eigenvalue weighted by Crippen LogP contribution is -2.41. The Hall–Kier alpha value is -1.42. The van der Waals surface area contributed by atoms with Gasteiger partial charge in [-0.25, -0.2) is 0 Å². The second-order valence-corrected chi connectivity index (χ2v) is 36.1. The number of carbonyl (C=O) groups excluding carboxylic acids is 1. The van der Waals surface area contributed by atoms with E-state index in [1.54, 1.807) is 11.8 Å². The largest absolute Gasteiger partial charge is 0.481 e. The van der Waals surface area contributed by atoms with Crippen LogP contribution in [-0.4, -0.2) is 68.3 Å². The summed E-state index contributed by atoms with van der Waals surface area (Å²) in [6.07, 6.45) is 103. The van der Waals surface area contributed by atoms with Gasteiger partial charge in [0.05, 0.1) is 31.3 Å². The van der Waals surface area contributed by atoms with Gasteiger partial charge >= 0.3 is 23.9 Å². The van der Waals surface area contributed by atoms with E-state index in [-0.39, 0.29) is 24.1 Å². The Labute approximate surface area is 671 Å². The molecule has 0 saturated heterocycles. The summed E-state index contributed by atoms with van der Waals surface area (Å²) in [4.78, 5) is 47.1. The van der Waals surface area contributed by atoms with Crippen LogP contribution in [0.5, 0.6) is 0 Å². The van der Waals surface area contributed by atoms with Crippen molar-refractivity contribution in [3.05, 3.63) is 0 Å². The van der Waals surface area contributed by atoms with Crippen LogP contribution in [0.15, 0.2) is 0 Å². The van der Waals surface area contributed by atoms with E-state index in [9.17, 15) is 29.4 Å². The number of rotatable bonds is 91. The Bertz CT molecular complexity index is 1720. The number of unbranched alkanes of at least 4 members (excludes halogenated alkanes) is 65. The van der Waals surface area contributed by atoms with Gasteiger partial charge in [0.1, 0.15) is 0 Å². The minimum atomic E-state index is -0.784. The minimum absolute atomic E-state index is 0.00306. The summed E-state index contributed by atoms with van der Waals surface area (Å²) >= 11 is 3.18. The molecule has 0 aliphatic heterocycles. The molecule has 8 nitrogen and oxygen atoms in total. The van der Waals surface area contributed by atoms with Crippen molar-refractivity contribution in [3.8, 4) is 0 Å². The highest BCUT2D eigenvalue weighted by molar-refractivity contribution is 8.00. The number of esters is 1. The Morgan fingerprint density at radius 3 is 0.736 bits per heavy atom. The van der Waals surface area contributed by atoms with Gasteiger partial charge in [0, 0.05) is 22.5 Å². The molecule has 0 fully saturated rings. The zero-order valence-corrected chi connectivity index (χ0v) is 73.9. The van der Waals surface area contributed by atoms with Gasteiger partial charge in [0.25, 0.3) is 0 Å². The molecule has 0 spiro atoms. The molecular weight excluding hydrogens is 1350 g/mol. The second kappa shape index (κ2) is 90.8. The molecule has 0 aromatic heterocycles. The van der Waals surface area contributed by atoms with Crippen LogP contribution >= 0.6 is 23.5 Å². The second-order valence-electron chi connectivity index (χ2n) is 33.5. The van der Waals surface area contributed by atoms with Crippen molar-refractivity contribution in [3.63, 3.8) is 0 Å². The van der Waals surface area contributed by atoms with Crippen LogP contribution in [0.25, 0.3) is 0 Å². The third kappa shape index (κ3) is 82.0. The van der Waals surface area contributed by atoms with E-state index in [2.05, 4.69) is 34.6 Å². The van der Waals surface area contributed by atoms with Gasteiger partial charge in [-0.3, -0.25) is 19.2 Å². The van der Waals surface area contributed by atoms with Gasteiger partial charge in [0.2, 0.25) is 0 Å². The zero-order valence-electron chi connectivity index (χ0n) is 72.3. The predicted molar refractivity (Wildman–Crippen MR) is 471 cm³/mol. The van der Waals surface area contributed by atoms with Gasteiger partial charge in [-0.2, -0.15) is 23.5 Å². The number of carboxylic acid groups (broad SMARTS) is 3. The molecule has 0 bridgehead atoms. The summed E-state index contributed by atoms with van der Waals surface area (Å²) in [5.41, 5.74) is -0.737. The van der Waals surface area contributed by atoms with Crippen LogP contribution < -0.4 is 0 Å². The average Bonchev–Trinajstić information content (AvgIpc) is 0.809. The van der Waals surface area contributed by atoms with Crippen molar-refractivity contribution in [2.45, 2.75) is 554 Å². The molecule has 0 aromatic carbocycles. The third-order valence-corrected chi connectivity index (χ3v) is 25.8. The van der Waals surface area contributed by atoms with E-state index in [0.717, 1.165) is 76.5 Å². The highest BCUT2D eigenvalue weighted by Crippen LogP contribution is 2.45. The summed E-state index contributed by atoms with van der Waals surface area (Å²) in [6.45, 7) is 12.0. The molecule has 0 rings (SSSR count). The molecule has 0 amide bonds. The first-order valence-corrected chi connectivity index (χ1v) is 50.3. The Balaban J connectivity index is 0. The maximum absolute atomic E-state index is 13.4. The number of hydrogen-bond donors (Lipinski definition) is 3. The molecule has 0 aliphatic rings. The molecule has 0 aromatic rings. The summed E-state index contributed by atoms with van der Waals surface area (Å²) in [5.74, 6) is 0.395. The SMILES string of the molecule is CCCCCCCCCCCCC(CCCCCCCCCCCC)CCCCCCCCCCCCCCCCCOC(=O)CCSCCC(=O)O.CCCCCCCCCCCCCCCCCCC(CCCCCCCCCCCC)(C(=O)O)C(CCCCCCCCCCCC)SCCC(=O)O. The highest BCUT2D eigenvalue weighted by atomic mass is 32.2. The van der Waals surface area contributed by atoms with Crippen LogP contribution in [-0.2, 0) is 23.9 Å². The van der Waals surface area contributed by atoms with Crippen molar-refractivity contribution in [1.82, 2.24) is 0 Å². The monoisotopic (exact) mass is 1530 g/mol. The molecule has 0 heterocycles. The Kier molecular flexibility index (Phi) is 91.3. The van der Waals surface area contributed by atoms with Gasteiger partial charge in [-0.05, 0) is 31.6 Å². The van der Waals surface area contributed by atoms with E-state index in [4.69, 9.17) is 9.84 Å². The van der Waals surface area contributed by atoms with E-state index in [0.29, 0.717) is 30.3 Å². The van der Waals surface area contributed by atoms with Gasteiger partial charge in [-0.1, -0.05) is 503 Å². The van der Waals surface area contributed by atoms with Gasteiger partial charge in [-0.15, -0.1) is 0 Å². The smallest absolute Gasteiger partial charge is 0.310 e. The molecule has 2 unspecified atom stereocenters. The lowest BCUT2D eigenvalue weighted by atomic mass is 9.73. The maximum atomic E-state index is 13.4. The van der Waals surface area contributed by atoms with Crippen molar-refractivity contribution in [2.75, 3.05) is 23.9 Å². The summed E-state index contributed by atoms with van der Waals surface area (Å²) in [5, 5.41) is 29.1. The van der Waals surface area contributed by atoms with Crippen LogP contribution in [0.1, 0.15) is 548 Å². The van der Waals surface area contributed by atoms with Crippen LogP contribution in [0.2, 0.25) is 0 Å². The van der Waals surface area contributed by atoms with Crippen LogP contribution in [0.3, 0.4) is 0 Å². The zero-order chi connectivity index (χ0) is 77.5. The molecule has 0 aliphatic carbocycles. The van der Waals surface area contributed by atoms with Crippen molar-refractivity contribution >= 4 is 47.4 Å². The summed E-state index contributed by atoms with van der Waals surface area (Å²) in [6, 6.07) is 0. The minimum Gasteiger partial charge on any atom is -0.481 e. The molecule has 3 N–H and O–H groups in total. The topological polar surface area (TPSA) is 138 Å². The first-order chi connectivity index (χ1) is 52.0.